The van der Waals surface area contributed by atoms with Gasteiger partial charge in [0.2, 0.25) is 5.91 Å². The molecule has 3 heteroatoms. The first kappa shape index (κ1) is 11.9. The van der Waals surface area contributed by atoms with Crippen LogP contribution in [0.5, 0.6) is 0 Å². The maximum absolute atomic E-state index is 12.1. The summed E-state index contributed by atoms with van der Waals surface area (Å²) in [6, 6.07) is 0.442. The SMILES string of the molecule is CC(CC(=O)N1CCCCC1)N1CCCC1. The Morgan fingerprint density at radius 3 is 2.19 bits per heavy atom. The van der Waals surface area contributed by atoms with Gasteiger partial charge >= 0.3 is 0 Å². The van der Waals surface area contributed by atoms with Crippen LogP contribution in [0.15, 0.2) is 0 Å². The Hall–Kier alpha value is -0.570. The minimum atomic E-state index is 0.374. The Morgan fingerprint density at radius 1 is 1.00 bits per heavy atom. The van der Waals surface area contributed by atoms with Gasteiger partial charge in [0.05, 0.1) is 0 Å². The Labute approximate surface area is 98.8 Å². The van der Waals surface area contributed by atoms with E-state index in [4.69, 9.17) is 0 Å². The maximum atomic E-state index is 12.1. The molecule has 0 aromatic heterocycles. The van der Waals surface area contributed by atoms with Crippen molar-refractivity contribution < 1.29 is 4.79 Å². The molecule has 2 rings (SSSR count). The predicted molar refractivity (Wildman–Crippen MR) is 65.3 cm³/mol. The van der Waals surface area contributed by atoms with Crippen molar-refractivity contribution in [1.82, 2.24) is 9.80 Å². The number of carbonyl (C=O) groups is 1. The predicted octanol–water partition coefficient (Wildman–Crippen LogP) is 1.87. The van der Waals surface area contributed by atoms with Crippen LogP contribution in [0.25, 0.3) is 0 Å². The average Bonchev–Trinajstić information content (AvgIpc) is 2.83. The first-order valence-electron chi connectivity index (χ1n) is 6.79. The van der Waals surface area contributed by atoms with E-state index in [-0.39, 0.29) is 0 Å². The zero-order valence-electron chi connectivity index (χ0n) is 10.5. The lowest BCUT2D eigenvalue weighted by Gasteiger charge is -2.30. The number of piperidine rings is 1. The van der Waals surface area contributed by atoms with Gasteiger partial charge in [0.1, 0.15) is 0 Å². The summed E-state index contributed by atoms with van der Waals surface area (Å²) in [5, 5.41) is 0. The zero-order valence-corrected chi connectivity index (χ0v) is 10.5. The minimum Gasteiger partial charge on any atom is -0.343 e. The van der Waals surface area contributed by atoms with Gasteiger partial charge in [0, 0.05) is 25.6 Å². The number of likely N-dealkylation sites (tertiary alicyclic amines) is 2. The highest BCUT2D eigenvalue weighted by Gasteiger charge is 2.23. The van der Waals surface area contributed by atoms with Crippen molar-refractivity contribution >= 4 is 5.91 Å². The van der Waals surface area contributed by atoms with Crippen molar-refractivity contribution in [3.63, 3.8) is 0 Å². The molecule has 1 amide bonds. The minimum absolute atomic E-state index is 0.374. The van der Waals surface area contributed by atoms with E-state index in [1.54, 1.807) is 0 Å². The van der Waals surface area contributed by atoms with E-state index in [0.717, 1.165) is 19.5 Å². The van der Waals surface area contributed by atoms with Crippen molar-refractivity contribution in [3.8, 4) is 0 Å². The quantitative estimate of drug-likeness (QED) is 0.730. The van der Waals surface area contributed by atoms with Crippen LogP contribution in [-0.4, -0.2) is 47.9 Å². The molecule has 0 aromatic carbocycles. The van der Waals surface area contributed by atoms with Crippen molar-refractivity contribution in [2.75, 3.05) is 26.2 Å². The molecule has 0 N–H and O–H groups in total. The van der Waals surface area contributed by atoms with E-state index in [1.165, 1.54) is 45.2 Å². The van der Waals surface area contributed by atoms with Gasteiger partial charge in [-0.05, 0) is 52.1 Å². The molecular weight excluding hydrogens is 200 g/mol. The molecule has 92 valence electrons. The van der Waals surface area contributed by atoms with Crippen LogP contribution in [-0.2, 0) is 4.79 Å². The first-order valence-corrected chi connectivity index (χ1v) is 6.79. The third-order valence-electron chi connectivity index (χ3n) is 3.94. The Balaban J connectivity index is 1.76. The summed E-state index contributed by atoms with van der Waals surface area (Å²) in [6.07, 6.45) is 7.03. The van der Waals surface area contributed by atoms with Gasteiger partial charge in [-0.2, -0.15) is 0 Å². The van der Waals surface area contributed by atoms with Gasteiger partial charge in [-0.1, -0.05) is 0 Å². The van der Waals surface area contributed by atoms with Crippen LogP contribution in [0.4, 0.5) is 0 Å². The Morgan fingerprint density at radius 2 is 1.56 bits per heavy atom. The van der Waals surface area contributed by atoms with E-state index in [1.807, 2.05) is 0 Å². The number of carbonyl (C=O) groups excluding carboxylic acids is 1. The van der Waals surface area contributed by atoms with E-state index in [0.29, 0.717) is 11.9 Å². The topological polar surface area (TPSA) is 23.6 Å². The second kappa shape index (κ2) is 5.67. The molecule has 1 atom stereocenters. The summed E-state index contributed by atoms with van der Waals surface area (Å²) in [5.41, 5.74) is 0. The van der Waals surface area contributed by atoms with Crippen LogP contribution in [0.1, 0.15) is 45.4 Å². The van der Waals surface area contributed by atoms with Crippen LogP contribution < -0.4 is 0 Å². The summed E-state index contributed by atoms with van der Waals surface area (Å²) in [4.78, 5) is 16.6. The highest BCUT2D eigenvalue weighted by atomic mass is 16.2. The highest BCUT2D eigenvalue weighted by molar-refractivity contribution is 5.76. The summed E-state index contributed by atoms with van der Waals surface area (Å²) >= 11 is 0. The third kappa shape index (κ3) is 2.97. The number of nitrogens with zero attached hydrogens (tertiary/aromatic N) is 2. The molecule has 3 nitrogen and oxygen atoms in total. The van der Waals surface area contributed by atoms with E-state index < -0.39 is 0 Å². The normalized spacial score (nSPS) is 24.7. The summed E-state index contributed by atoms with van der Waals surface area (Å²) in [6.45, 7) is 6.56. The maximum Gasteiger partial charge on any atom is 0.224 e. The molecule has 0 spiro atoms. The number of amides is 1. The van der Waals surface area contributed by atoms with Crippen LogP contribution in [0, 0.1) is 0 Å². The van der Waals surface area contributed by atoms with Gasteiger partial charge < -0.3 is 9.80 Å². The second-order valence-corrected chi connectivity index (χ2v) is 5.24. The summed E-state index contributed by atoms with van der Waals surface area (Å²) in [7, 11) is 0. The molecule has 2 aliphatic rings. The fourth-order valence-corrected chi connectivity index (χ4v) is 2.84. The second-order valence-electron chi connectivity index (χ2n) is 5.24. The molecule has 2 heterocycles. The monoisotopic (exact) mass is 224 g/mol. The number of rotatable bonds is 3. The van der Waals surface area contributed by atoms with Crippen molar-refractivity contribution in [2.45, 2.75) is 51.5 Å². The molecule has 2 aliphatic heterocycles. The summed E-state index contributed by atoms with van der Waals surface area (Å²) in [5.74, 6) is 0.374. The molecule has 16 heavy (non-hydrogen) atoms. The Kier molecular flexibility index (Phi) is 4.22. The van der Waals surface area contributed by atoms with E-state index in [2.05, 4.69) is 16.7 Å². The largest absolute Gasteiger partial charge is 0.343 e. The van der Waals surface area contributed by atoms with E-state index in [9.17, 15) is 4.79 Å². The third-order valence-corrected chi connectivity index (χ3v) is 3.94. The number of hydrogen-bond donors (Lipinski definition) is 0. The zero-order chi connectivity index (χ0) is 11.4. The fourth-order valence-electron chi connectivity index (χ4n) is 2.84. The Bertz CT molecular complexity index is 230. The summed E-state index contributed by atoms with van der Waals surface area (Å²) < 4.78 is 0. The lowest BCUT2D eigenvalue weighted by Crippen LogP contribution is -2.40. The molecular formula is C13H24N2O. The van der Waals surface area contributed by atoms with Gasteiger partial charge in [-0.15, -0.1) is 0 Å². The average molecular weight is 224 g/mol. The van der Waals surface area contributed by atoms with Crippen molar-refractivity contribution in [2.24, 2.45) is 0 Å². The van der Waals surface area contributed by atoms with E-state index >= 15 is 0 Å². The lowest BCUT2D eigenvalue weighted by molar-refractivity contribution is -0.133. The van der Waals surface area contributed by atoms with Gasteiger partial charge in [-0.25, -0.2) is 0 Å². The van der Waals surface area contributed by atoms with Gasteiger partial charge in [0.15, 0.2) is 0 Å². The van der Waals surface area contributed by atoms with Crippen molar-refractivity contribution in [1.29, 1.82) is 0 Å². The van der Waals surface area contributed by atoms with Crippen LogP contribution in [0.3, 0.4) is 0 Å². The van der Waals surface area contributed by atoms with Crippen molar-refractivity contribution in [3.05, 3.63) is 0 Å². The first-order chi connectivity index (χ1) is 7.77. The van der Waals surface area contributed by atoms with Crippen LogP contribution >= 0.6 is 0 Å². The molecule has 0 radical (unpaired) electrons. The van der Waals surface area contributed by atoms with Gasteiger partial charge in [0.25, 0.3) is 0 Å². The standard InChI is InChI=1S/C13H24N2O/c1-12(14-7-5-6-8-14)11-13(16)15-9-3-2-4-10-15/h12H,2-11H2,1H3. The highest BCUT2D eigenvalue weighted by Crippen LogP contribution is 2.16. The smallest absolute Gasteiger partial charge is 0.224 e. The number of hydrogen-bond acceptors (Lipinski definition) is 2. The molecule has 2 saturated heterocycles. The molecule has 0 bridgehead atoms. The van der Waals surface area contributed by atoms with Crippen LogP contribution in [0.2, 0.25) is 0 Å². The molecule has 1 unspecified atom stereocenters. The molecule has 2 fully saturated rings. The fraction of sp³-hybridized carbons (Fsp3) is 0.923. The molecule has 0 aliphatic carbocycles. The van der Waals surface area contributed by atoms with Gasteiger partial charge in [-0.3, -0.25) is 4.79 Å². The lowest BCUT2D eigenvalue weighted by atomic mass is 10.1. The molecule has 0 aromatic rings. The molecule has 0 saturated carbocycles.